The van der Waals surface area contributed by atoms with Crippen LogP contribution in [0.5, 0.6) is 0 Å². The van der Waals surface area contributed by atoms with Crippen molar-refractivity contribution in [3.63, 3.8) is 0 Å². The second-order valence-corrected chi connectivity index (χ2v) is 8.32. The smallest absolute Gasteiger partial charge is 0.328 e. The lowest BCUT2D eigenvalue weighted by atomic mass is 9.99. The van der Waals surface area contributed by atoms with E-state index in [2.05, 4.69) is 71.0 Å². The number of hydrogen-bond acceptors (Lipinski definition) is 6. The van der Waals surface area contributed by atoms with E-state index in [9.17, 15) is 19.2 Å². The summed E-state index contributed by atoms with van der Waals surface area (Å²) < 4.78 is 0. The van der Waals surface area contributed by atoms with E-state index in [0.29, 0.717) is 24.3 Å². The molecule has 1 saturated heterocycles. The van der Waals surface area contributed by atoms with Gasteiger partial charge in [-0.05, 0) is 23.1 Å². The number of carboxylic acids is 4. The molecular weight excluding hydrogens is 504 g/mol. The molecule has 0 atom stereocenters. The Bertz CT molecular complexity index is 1070. The minimum Gasteiger partial charge on any atom is -0.478 e. The van der Waals surface area contributed by atoms with Gasteiger partial charge in [-0.25, -0.2) is 19.2 Å². The van der Waals surface area contributed by atoms with Gasteiger partial charge in [0.15, 0.2) is 0 Å². The highest BCUT2D eigenvalue weighted by Crippen LogP contribution is 2.17. The maximum Gasteiger partial charge on any atom is 0.328 e. The van der Waals surface area contributed by atoms with Crippen LogP contribution in [0, 0.1) is 0 Å². The summed E-state index contributed by atoms with van der Waals surface area (Å²) in [6.07, 6.45) is 5.26. The van der Waals surface area contributed by atoms with E-state index < -0.39 is 23.9 Å². The lowest BCUT2D eigenvalue weighted by Crippen LogP contribution is -2.45. The number of rotatable bonds is 10. The summed E-state index contributed by atoms with van der Waals surface area (Å²) in [5.74, 6) is -5.03. The Labute approximate surface area is 227 Å². The van der Waals surface area contributed by atoms with Gasteiger partial charge in [-0.2, -0.15) is 0 Å². The zero-order valence-corrected chi connectivity index (χ0v) is 21.6. The van der Waals surface area contributed by atoms with E-state index in [4.69, 9.17) is 20.4 Å². The molecule has 1 aliphatic rings. The molecular formula is C29H34N2O8. The van der Waals surface area contributed by atoms with Crippen LogP contribution in [0.1, 0.15) is 16.7 Å². The molecule has 2 aromatic carbocycles. The highest BCUT2D eigenvalue weighted by atomic mass is 16.4. The fourth-order valence-corrected chi connectivity index (χ4v) is 3.54. The average Bonchev–Trinajstić information content (AvgIpc) is 2.90. The third-order valence-corrected chi connectivity index (χ3v) is 5.34. The third kappa shape index (κ3) is 16.0. The second-order valence-electron chi connectivity index (χ2n) is 8.32. The molecule has 3 rings (SSSR count). The second kappa shape index (κ2) is 18.7. The first-order chi connectivity index (χ1) is 18.6. The molecule has 0 amide bonds. The third-order valence-electron chi connectivity index (χ3n) is 5.34. The van der Waals surface area contributed by atoms with Crippen LogP contribution >= 0.6 is 0 Å². The molecule has 0 spiro atoms. The van der Waals surface area contributed by atoms with Crippen LogP contribution in [0.25, 0.3) is 0 Å². The van der Waals surface area contributed by atoms with Crippen molar-refractivity contribution < 1.29 is 39.6 Å². The highest BCUT2D eigenvalue weighted by Gasteiger charge is 2.16. The van der Waals surface area contributed by atoms with E-state index in [1.165, 1.54) is 16.7 Å². The summed E-state index contributed by atoms with van der Waals surface area (Å²) in [7, 11) is 0. The molecule has 1 fully saturated rings. The van der Waals surface area contributed by atoms with Gasteiger partial charge < -0.3 is 20.4 Å². The number of aliphatic carboxylic acids is 4. The molecule has 0 aliphatic carbocycles. The van der Waals surface area contributed by atoms with Gasteiger partial charge in [0.05, 0.1) is 0 Å². The lowest BCUT2D eigenvalue weighted by Gasteiger charge is -2.34. The standard InChI is InChI=1S/C21H26N2.2C4H4O4/c1-2-12-22-13-15-23(16-14-22)18-21-11-7-6-10-20(21)17-19-8-4-3-5-9-19;2*5-3(6)1-2-4(7)8/h2-11H,1,12-18H2;2*1-2H,(H,5,6)(H,7,8)/b;2*2-1+. The van der Waals surface area contributed by atoms with Gasteiger partial charge in [0, 0.05) is 63.6 Å². The zero-order chi connectivity index (χ0) is 29.0. The average molecular weight is 539 g/mol. The SMILES string of the molecule is C=CCN1CCN(Cc2ccccc2Cc2ccccc2)CC1.O=C(O)/C=C/C(=O)O.O=C(O)/C=C/C(=O)O. The Kier molecular flexibility index (Phi) is 15.5. The maximum atomic E-state index is 9.55. The van der Waals surface area contributed by atoms with Crippen molar-refractivity contribution in [3.05, 3.63) is 108 Å². The molecule has 10 nitrogen and oxygen atoms in total. The van der Waals surface area contributed by atoms with E-state index >= 15 is 0 Å². The van der Waals surface area contributed by atoms with Crippen LogP contribution in [0.2, 0.25) is 0 Å². The van der Waals surface area contributed by atoms with Crippen LogP contribution in [-0.4, -0.2) is 86.8 Å². The molecule has 0 unspecified atom stereocenters. The predicted molar refractivity (Wildman–Crippen MR) is 146 cm³/mol. The van der Waals surface area contributed by atoms with E-state index in [-0.39, 0.29) is 0 Å². The van der Waals surface area contributed by atoms with Crippen molar-refractivity contribution in [1.29, 1.82) is 0 Å². The number of carboxylic acid groups (broad SMARTS) is 4. The molecule has 2 aromatic rings. The molecule has 10 heteroatoms. The minimum absolute atomic E-state index is 0.558. The largest absolute Gasteiger partial charge is 0.478 e. The molecule has 208 valence electrons. The fraction of sp³-hybridized carbons (Fsp3) is 0.241. The minimum atomic E-state index is -1.26. The van der Waals surface area contributed by atoms with Crippen molar-refractivity contribution in [3.8, 4) is 0 Å². The highest BCUT2D eigenvalue weighted by molar-refractivity contribution is 5.90. The van der Waals surface area contributed by atoms with E-state index in [1.54, 1.807) is 0 Å². The topological polar surface area (TPSA) is 156 Å². The Hall–Kier alpha value is -4.54. The zero-order valence-electron chi connectivity index (χ0n) is 21.6. The van der Waals surface area contributed by atoms with Crippen LogP contribution in [0.3, 0.4) is 0 Å². The molecule has 4 N–H and O–H groups in total. The van der Waals surface area contributed by atoms with Crippen LogP contribution in [-0.2, 0) is 32.1 Å². The molecule has 39 heavy (non-hydrogen) atoms. The van der Waals surface area contributed by atoms with Crippen LogP contribution in [0.15, 0.2) is 91.6 Å². The number of nitrogens with zero attached hydrogens (tertiary/aromatic N) is 2. The summed E-state index contributed by atoms with van der Waals surface area (Å²) in [5, 5.41) is 31.2. The first-order valence-electron chi connectivity index (χ1n) is 12.0. The molecule has 1 aliphatic heterocycles. The number of benzene rings is 2. The van der Waals surface area contributed by atoms with Gasteiger partial charge in [0.1, 0.15) is 0 Å². The summed E-state index contributed by atoms with van der Waals surface area (Å²) in [5.41, 5.74) is 4.30. The van der Waals surface area contributed by atoms with Crippen molar-refractivity contribution in [2.75, 3.05) is 32.7 Å². The van der Waals surface area contributed by atoms with E-state index in [0.717, 1.165) is 45.7 Å². The molecule has 0 saturated carbocycles. The lowest BCUT2D eigenvalue weighted by molar-refractivity contribution is -0.134. The van der Waals surface area contributed by atoms with E-state index in [1.807, 2.05) is 6.08 Å². The first kappa shape index (κ1) is 32.5. The Morgan fingerprint density at radius 1 is 0.641 bits per heavy atom. The summed E-state index contributed by atoms with van der Waals surface area (Å²) in [4.78, 5) is 43.3. The van der Waals surface area contributed by atoms with Gasteiger partial charge in [-0.3, -0.25) is 9.80 Å². The normalized spacial score (nSPS) is 13.5. The molecule has 0 radical (unpaired) electrons. The van der Waals surface area contributed by atoms with Gasteiger partial charge in [-0.15, -0.1) is 6.58 Å². The van der Waals surface area contributed by atoms with Crippen molar-refractivity contribution in [1.82, 2.24) is 9.80 Å². The summed E-state index contributed by atoms with van der Waals surface area (Å²) >= 11 is 0. The summed E-state index contributed by atoms with van der Waals surface area (Å²) in [6, 6.07) is 19.6. The summed E-state index contributed by atoms with van der Waals surface area (Å²) in [6.45, 7) is 10.5. The Morgan fingerprint density at radius 2 is 1.05 bits per heavy atom. The number of carbonyl (C=O) groups is 4. The number of piperazine rings is 1. The van der Waals surface area contributed by atoms with Gasteiger partial charge in [0.25, 0.3) is 0 Å². The van der Waals surface area contributed by atoms with Gasteiger partial charge in [0.2, 0.25) is 0 Å². The molecule has 0 bridgehead atoms. The molecule has 1 heterocycles. The number of hydrogen-bond donors (Lipinski definition) is 4. The fourth-order valence-electron chi connectivity index (χ4n) is 3.54. The van der Waals surface area contributed by atoms with Crippen LogP contribution in [0.4, 0.5) is 0 Å². The van der Waals surface area contributed by atoms with Crippen molar-refractivity contribution in [2.24, 2.45) is 0 Å². The first-order valence-corrected chi connectivity index (χ1v) is 12.0. The Balaban J connectivity index is 0.000000393. The predicted octanol–water partition coefficient (Wildman–Crippen LogP) is 3.00. The van der Waals surface area contributed by atoms with Gasteiger partial charge >= 0.3 is 23.9 Å². The quantitative estimate of drug-likeness (QED) is 0.262. The van der Waals surface area contributed by atoms with Crippen LogP contribution < -0.4 is 0 Å². The Morgan fingerprint density at radius 3 is 1.49 bits per heavy atom. The van der Waals surface area contributed by atoms with Gasteiger partial charge in [-0.1, -0.05) is 60.7 Å². The molecule has 0 aromatic heterocycles. The van der Waals surface area contributed by atoms with Crippen molar-refractivity contribution in [2.45, 2.75) is 13.0 Å². The maximum absolute atomic E-state index is 9.55. The van der Waals surface area contributed by atoms with Crippen molar-refractivity contribution >= 4 is 23.9 Å². The monoisotopic (exact) mass is 538 g/mol.